The van der Waals surface area contributed by atoms with Gasteiger partial charge in [0, 0.05) is 5.75 Å². The molecule has 0 saturated carbocycles. The molecule has 3 nitrogen and oxygen atoms in total. The van der Waals surface area contributed by atoms with Crippen molar-refractivity contribution in [1.29, 1.82) is 0 Å². The Morgan fingerprint density at radius 2 is 2.10 bits per heavy atom. The minimum absolute atomic E-state index is 0.548. The Labute approximate surface area is 126 Å². The summed E-state index contributed by atoms with van der Waals surface area (Å²) in [5.74, 6) is 1.79. The standard InChI is InChI=1S/C16H24N2OS/c1-12-2-3-16(13-4-6-17-7-5-13)14(8-12)11-20-18-15-9-19-10-15/h2-3,8,13,15,17-18H,4-7,9-11H2,1H3. The molecule has 20 heavy (non-hydrogen) atoms. The summed E-state index contributed by atoms with van der Waals surface area (Å²) in [7, 11) is 0. The molecule has 0 aliphatic carbocycles. The van der Waals surface area contributed by atoms with Crippen LogP contribution < -0.4 is 10.0 Å². The van der Waals surface area contributed by atoms with Crippen molar-refractivity contribution in [2.45, 2.75) is 37.5 Å². The SMILES string of the molecule is Cc1ccc(C2CCNCC2)c(CSNC2COC2)c1. The van der Waals surface area contributed by atoms with Crippen LogP contribution in [0.25, 0.3) is 0 Å². The van der Waals surface area contributed by atoms with Crippen LogP contribution in [0.3, 0.4) is 0 Å². The maximum absolute atomic E-state index is 5.19. The van der Waals surface area contributed by atoms with E-state index in [2.05, 4.69) is 35.2 Å². The number of nitrogens with one attached hydrogen (secondary N) is 2. The Kier molecular flexibility index (Phi) is 4.99. The van der Waals surface area contributed by atoms with Crippen LogP contribution in [0.2, 0.25) is 0 Å². The van der Waals surface area contributed by atoms with Crippen LogP contribution in [-0.4, -0.2) is 32.3 Å². The number of hydrogen-bond donors (Lipinski definition) is 2. The summed E-state index contributed by atoms with van der Waals surface area (Å²) in [6.45, 7) is 6.23. The molecule has 2 aliphatic rings. The molecule has 2 saturated heterocycles. The average Bonchev–Trinajstić information content (AvgIpc) is 2.43. The van der Waals surface area contributed by atoms with E-state index >= 15 is 0 Å². The molecule has 0 radical (unpaired) electrons. The number of piperidine rings is 1. The third-order valence-electron chi connectivity index (χ3n) is 4.19. The highest BCUT2D eigenvalue weighted by Gasteiger charge is 2.20. The monoisotopic (exact) mass is 292 g/mol. The van der Waals surface area contributed by atoms with Crippen molar-refractivity contribution in [3.63, 3.8) is 0 Å². The van der Waals surface area contributed by atoms with Gasteiger partial charge in [-0.3, -0.25) is 4.72 Å². The molecule has 1 aromatic carbocycles. The zero-order valence-electron chi connectivity index (χ0n) is 12.2. The van der Waals surface area contributed by atoms with E-state index in [1.54, 1.807) is 5.56 Å². The van der Waals surface area contributed by atoms with Crippen molar-refractivity contribution in [1.82, 2.24) is 10.0 Å². The van der Waals surface area contributed by atoms with E-state index in [4.69, 9.17) is 4.74 Å². The summed E-state index contributed by atoms with van der Waals surface area (Å²) < 4.78 is 8.69. The summed E-state index contributed by atoms with van der Waals surface area (Å²) in [6.07, 6.45) is 2.54. The van der Waals surface area contributed by atoms with Gasteiger partial charge in [0.1, 0.15) is 0 Å². The zero-order chi connectivity index (χ0) is 13.8. The van der Waals surface area contributed by atoms with Gasteiger partial charge in [0.15, 0.2) is 0 Å². The summed E-state index contributed by atoms with van der Waals surface area (Å²) >= 11 is 1.83. The van der Waals surface area contributed by atoms with Crippen molar-refractivity contribution < 1.29 is 4.74 Å². The molecular weight excluding hydrogens is 268 g/mol. The van der Waals surface area contributed by atoms with Crippen LogP contribution in [0.4, 0.5) is 0 Å². The van der Waals surface area contributed by atoms with Crippen molar-refractivity contribution in [3.05, 3.63) is 34.9 Å². The lowest BCUT2D eigenvalue weighted by Crippen LogP contribution is -2.42. The van der Waals surface area contributed by atoms with Gasteiger partial charge in [-0.1, -0.05) is 35.7 Å². The minimum Gasteiger partial charge on any atom is -0.378 e. The molecule has 0 unspecified atom stereocenters. The van der Waals surface area contributed by atoms with Gasteiger partial charge in [-0.25, -0.2) is 0 Å². The van der Waals surface area contributed by atoms with Crippen LogP contribution in [-0.2, 0) is 10.5 Å². The fourth-order valence-corrected chi connectivity index (χ4v) is 3.79. The summed E-state index contributed by atoms with van der Waals surface area (Å²) in [4.78, 5) is 0. The number of rotatable bonds is 5. The van der Waals surface area contributed by atoms with E-state index in [9.17, 15) is 0 Å². The number of hydrogen-bond acceptors (Lipinski definition) is 4. The average molecular weight is 292 g/mol. The van der Waals surface area contributed by atoms with Gasteiger partial charge in [-0.05, 0) is 49.9 Å². The normalized spacial score (nSPS) is 20.9. The summed E-state index contributed by atoms with van der Waals surface area (Å²) in [6, 6.07) is 7.53. The number of benzene rings is 1. The lowest BCUT2D eigenvalue weighted by molar-refractivity contribution is 0.00599. The summed E-state index contributed by atoms with van der Waals surface area (Å²) in [5.41, 5.74) is 4.44. The van der Waals surface area contributed by atoms with Gasteiger partial charge >= 0.3 is 0 Å². The van der Waals surface area contributed by atoms with E-state index in [1.165, 1.54) is 24.0 Å². The van der Waals surface area contributed by atoms with Crippen molar-refractivity contribution >= 4 is 11.9 Å². The lowest BCUT2D eigenvalue weighted by atomic mass is 9.87. The van der Waals surface area contributed by atoms with Gasteiger partial charge in [0.25, 0.3) is 0 Å². The smallest absolute Gasteiger partial charge is 0.0651 e. The second kappa shape index (κ2) is 6.94. The largest absolute Gasteiger partial charge is 0.378 e. The Bertz CT molecular complexity index is 442. The predicted molar refractivity (Wildman–Crippen MR) is 85.1 cm³/mol. The molecule has 2 heterocycles. The highest BCUT2D eigenvalue weighted by molar-refractivity contribution is 7.96. The molecule has 3 rings (SSSR count). The Morgan fingerprint density at radius 1 is 1.30 bits per heavy atom. The number of ether oxygens (including phenoxy) is 1. The minimum atomic E-state index is 0.548. The fraction of sp³-hybridized carbons (Fsp3) is 0.625. The fourth-order valence-electron chi connectivity index (χ4n) is 2.93. The van der Waals surface area contributed by atoms with Crippen LogP contribution in [0.1, 0.15) is 35.4 Å². The molecule has 0 spiro atoms. The number of aryl methyl sites for hydroxylation is 1. The Morgan fingerprint density at radius 3 is 2.80 bits per heavy atom. The molecule has 110 valence electrons. The van der Waals surface area contributed by atoms with E-state index < -0.39 is 0 Å². The topological polar surface area (TPSA) is 33.3 Å². The van der Waals surface area contributed by atoms with Gasteiger partial charge < -0.3 is 10.1 Å². The van der Waals surface area contributed by atoms with E-state index in [-0.39, 0.29) is 0 Å². The van der Waals surface area contributed by atoms with Crippen molar-refractivity contribution in [2.24, 2.45) is 0 Å². The third kappa shape index (κ3) is 3.55. The Hall–Kier alpha value is -0.550. The van der Waals surface area contributed by atoms with Gasteiger partial charge in [-0.15, -0.1) is 0 Å². The first-order valence-electron chi connectivity index (χ1n) is 7.58. The second-order valence-corrected chi connectivity index (χ2v) is 6.68. The van der Waals surface area contributed by atoms with E-state index in [0.29, 0.717) is 6.04 Å². The van der Waals surface area contributed by atoms with Crippen LogP contribution in [0, 0.1) is 6.92 Å². The molecule has 2 aliphatic heterocycles. The molecule has 2 N–H and O–H groups in total. The molecule has 0 atom stereocenters. The lowest BCUT2D eigenvalue weighted by Gasteiger charge is -2.27. The molecule has 0 bridgehead atoms. The quantitative estimate of drug-likeness (QED) is 0.817. The van der Waals surface area contributed by atoms with Crippen LogP contribution in [0.15, 0.2) is 18.2 Å². The summed E-state index contributed by atoms with van der Waals surface area (Å²) in [5, 5.41) is 3.46. The van der Waals surface area contributed by atoms with Gasteiger partial charge in [0.05, 0.1) is 19.3 Å². The molecule has 2 fully saturated rings. The van der Waals surface area contributed by atoms with Crippen molar-refractivity contribution in [2.75, 3.05) is 26.3 Å². The Balaban J connectivity index is 1.64. The first kappa shape index (κ1) is 14.4. The van der Waals surface area contributed by atoms with E-state index in [1.807, 2.05) is 11.9 Å². The third-order valence-corrected chi connectivity index (χ3v) is 5.15. The first-order valence-corrected chi connectivity index (χ1v) is 8.56. The molecule has 4 heteroatoms. The van der Waals surface area contributed by atoms with Crippen LogP contribution >= 0.6 is 11.9 Å². The first-order chi connectivity index (χ1) is 9.83. The maximum atomic E-state index is 5.19. The van der Waals surface area contributed by atoms with Crippen molar-refractivity contribution in [3.8, 4) is 0 Å². The van der Waals surface area contributed by atoms with Gasteiger partial charge in [-0.2, -0.15) is 0 Å². The van der Waals surface area contributed by atoms with Gasteiger partial charge in [0.2, 0.25) is 0 Å². The zero-order valence-corrected chi connectivity index (χ0v) is 13.0. The highest BCUT2D eigenvalue weighted by Crippen LogP contribution is 2.30. The molecule has 1 aromatic rings. The van der Waals surface area contributed by atoms with E-state index in [0.717, 1.165) is 38.0 Å². The molecule has 0 aromatic heterocycles. The second-order valence-electron chi connectivity index (χ2n) is 5.87. The predicted octanol–water partition coefficient (Wildman–Crippen LogP) is 2.60. The van der Waals surface area contributed by atoms with Crippen LogP contribution in [0.5, 0.6) is 0 Å². The molecular formula is C16H24N2OS. The molecule has 0 amide bonds. The maximum Gasteiger partial charge on any atom is 0.0651 e. The highest BCUT2D eigenvalue weighted by atomic mass is 32.2.